The molecule has 1 aliphatic heterocycles. The van der Waals surface area contributed by atoms with Crippen molar-refractivity contribution < 1.29 is 4.74 Å². The van der Waals surface area contributed by atoms with Gasteiger partial charge < -0.3 is 4.74 Å². The second kappa shape index (κ2) is 2.82. The molecule has 0 saturated heterocycles. The van der Waals surface area contributed by atoms with Crippen LogP contribution in [0.15, 0.2) is 4.99 Å². The second-order valence-corrected chi connectivity index (χ2v) is 3.82. The molecule has 1 aliphatic rings. The molecule has 0 spiro atoms. The van der Waals surface area contributed by atoms with E-state index in [1.165, 1.54) is 6.42 Å². The Hall–Kier alpha value is -0.180. The van der Waals surface area contributed by atoms with E-state index in [0.29, 0.717) is 0 Å². The summed E-state index contributed by atoms with van der Waals surface area (Å²) in [5.74, 6) is 1.11. The Morgan fingerprint density at radius 1 is 1.60 bits per heavy atom. The SMILES string of the molecule is CCCSC1=NC(C)(C)O1. The van der Waals surface area contributed by atoms with Crippen molar-refractivity contribution in [3.05, 3.63) is 0 Å². The van der Waals surface area contributed by atoms with Crippen LogP contribution in [-0.2, 0) is 4.74 Å². The quantitative estimate of drug-likeness (QED) is 0.616. The van der Waals surface area contributed by atoms with Gasteiger partial charge in [-0.2, -0.15) is 4.99 Å². The van der Waals surface area contributed by atoms with Gasteiger partial charge in [-0.1, -0.05) is 18.7 Å². The zero-order valence-electron chi connectivity index (χ0n) is 6.68. The van der Waals surface area contributed by atoms with Crippen molar-refractivity contribution in [2.45, 2.75) is 32.9 Å². The van der Waals surface area contributed by atoms with E-state index in [2.05, 4.69) is 11.9 Å². The van der Waals surface area contributed by atoms with Gasteiger partial charge in [0.15, 0.2) is 0 Å². The Morgan fingerprint density at radius 3 is 2.60 bits per heavy atom. The molecular weight excluding hydrogens is 146 g/mol. The highest BCUT2D eigenvalue weighted by molar-refractivity contribution is 8.13. The lowest BCUT2D eigenvalue weighted by Gasteiger charge is -2.31. The van der Waals surface area contributed by atoms with Crippen molar-refractivity contribution in [1.29, 1.82) is 0 Å². The molecule has 1 rings (SSSR count). The fourth-order valence-electron chi connectivity index (χ4n) is 0.691. The molecule has 3 heteroatoms. The molecule has 0 aromatic carbocycles. The molecule has 0 aromatic rings. The average Bonchev–Trinajstić information content (AvgIpc) is 1.78. The molecule has 2 nitrogen and oxygen atoms in total. The van der Waals surface area contributed by atoms with E-state index < -0.39 is 0 Å². The Morgan fingerprint density at radius 2 is 2.20 bits per heavy atom. The number of nitrogens with zero attached hydrogens (tertiary/aromatic N) is 1. The van der Waals surface area contributed by atoms with E-state index in [1.807, 2.05) is 13.8 Å². The fraction of sp³-hybridized carbons (Fsp3) is 0.857. The highest BCUT2D eigenvalue weighted by Crippen LogP contribution is 2.27. The number of hydrogen-bond donors (Lipinski definition) is 0. The minimum Gasteiger partial charge on any atom is -0.445 e. The van der Waals surface area contributed by atoms with Crippen molar-refractivity contribution in [2.24, 2.45) is 4.99 Å². The maximum Gasteiger partial charge on any atom is 0.251 e. The van der Waals surface area contributed by atoms with Crippen LogP contribution in [0, 0.1) is 0 Å². The smallest absolute Gasteiger partial charge is 0.251 e. The van der Waals surface area contributed by atoms with Gasteiger partial charge in [0.25, 0.3) is 5.23 Å². The molecule has 0 bridgehead atoms. The molecule has 0 fully saturated rings. The lowest BCUT2D eigenvalue weighted by molar-refractivity contribution is 0.0631. The Labute approximate surface area is 66.1 Å². The number of aliphatic imine (C=N–C) groups is 1. The summed E-state index contributed by atoms with van der Waals surface area (Å²) >= 11 is 1.69. The minimum absolute atomic E-state index is 0.240. The first-order valence-electron chi connectivity index (χ1n) is 3.56. The van der Waals surface area contributed by atoms with Crippen LogP contribution in [0.4, 0.5) is 0 Å². The van der Waals surface area contributed by atoms with Crippen LogP contribution in [0.25, 0.3) is 0 Å². The van der Waals surface area contributed by atoms with E-state index in [-0.39, 0.29) is 5.72 Å². The first-order valence-corrected chi connectivity index (χ1v) is 4.54. The third-order valence-corrected chi connectivity index (χ3v) is 2.16. The molecule has 0 atom stereocenters. The normalized spacial score (nSPS) is 20.9. The zero-order valence-corrected chi connectivity index (χ0v) is 7.49. The molecule has 58 valence electrons. The van der Waals surface area contributed by atoms with E-state index in [9.17, 15) is 0 Å². The summed E-state index contributed by atoms with van der Waals surface area (Å²) < 4.78 is 5.34. The topological polar surface area (TPSA) is 21.6 Å². The van der Waals surface area contributed by atoms with Crippen LogP contribution in [0.2, 0.25) is 0 Å². The van der Waals surface area contributed by atoms with Gasteiger partial charge in [-0.3, -0.25) is 0 Å². The number of hydrogen-bond acceptors (Lipinski definition) is 3. The van der Waals surface area contributed by atoms with Crippen LogP contribution >= 0.6 is 11.8 Å². The van der Waals surface area contributed by atoms with E-state index in [4.69, 9.17) is 4.74 Å². The predicted molar refractivity (Wildman–Crippen MR) is 45.3 cm³/mol. The van der Waals surface area contributed by atoms with Crippen molar-refractivity contribution in [1.82, 2.24) is 0 Å². The van der Waals surface area contributed by atoms with Gasteiger partial charge in [-0.15, -0.1) is 0 Å². The average molecular weight is 159 g/mol. The molecule has 0 unspecified atom stereocenters. The van der Waals surface area contributed by atoms with Gasteiger partial charge >= 0.3 is 0 Å². The maximum atomic E-state index is 5.34. The van der Waals surface area contributed by atoms with Crippen LogP contribution in [0.3, 0.4) is 0 Å². The van der Waals surface area contributed by atoms with E-state index in [0.717, 1.165) is 11.0 Å². The summed E-state index contributed by atoms with van der Waals surface area (Å²) in [6.45, 7) is 6.07. The minimum atomic E-state index is -0.240. The number of ether oxygens (including phenoxy) is 1. The lowest BCUT2D eigenvalue weighted by atomic mass is 10.3. The summed E-state index contributed by atoms with van der Waals surface area (Å²) in [5.41, 5.74) is -0.240. The van der Waals surface area contributed by atoms with Crippen LogP contribution < -0.4 is 0 Å². The first kappa shape index (κ1) is 7.92. The van der Waals surface area contributed by atoms with Crippen molar-refractivity contribution in [3.63, 3.8) is 0 Å². The standard InChI is InChI=1S/C7H13NOS/c1-4-5-10-6-8-7(2,3)9-6/h4-5H2,1-3H3. The summed E-state index contributed by atoms with van der Waals surface area (Å²) in [7, 11) is 0. The van der Waals surface area contributed by atoms with Gasteiger partial charge in [-0.05, 0) is 20.3 Å². The zero-order chi connectivity index (χ0) is 7.61. The van der Waals surface area contributed by atoms with Crippen LogP contribution in [-0.4, -0.2) is 16.7 Å². The Kier molecular flexibility index (Phi) is 2.24. The third-order valence-electron chi connectivity index (χ3n) is 1.13. The summed E-state index contributed by atoms with van der Waals surface area (Å²) in [6.07, 6.45) is 1.17. The Balaban J connectivity index is 2.23. The highest BCUT2D eigenvalue weighted by Gasteiger charge is 2.30. The molecule has 0 aliphatic carbocycles. The Bertz CT molecular complexity index is 154. The third kappa shape index (κ3) is 1.90. The van der Waals surface area contributed by atoms with Crippen molar-refractivity contribution in [2.75, 3.05) is 5.75 Å². The fourth-order valence-corrected chi connectivity index (χ4v) is 1.62. The molecule has 0 radical (unpaired) electrons. The van der Waals surface area contributed by atoms with Gasteiger partial charge in [0.1, 0.15) is 0 Å². The molecule has 0 aromatic heterocycles. The molecule has 0 amide bonds. The number of thioether (sulfide) groups is 1. The van der Waals surface area contributed by atoms with Crippen LogP contribution in [0.1, 0.15) is 27.2 Å². The van der Waals surface area contributed by atoms with Crippen molar-refractivity contribution in [3.8, 4) is 0 Å². The number of rotatable bonds is 2. The summed E-state index contributed by atoms with van der Waals surface area (Å²) in [5, 5.41) is 0.854. The largest absolute Gasteiger partial charge is 0.445 e. The summed E-state index contributed by atoms with van der Waals surface area (Å²) in [6, 6.07) is 0. The van der Waals surface area contributed by atoms with Gasteiger partial charge in [0.05, 0.1) is 0 Å². The molecule has 0 N–H and O–H groups in total. The van der Waals surface area contributed by atoms with Crippen LogP contribution in [0.5, 0.6) is 0 Å². The van der Waals surface area contributed by atoms with Gasteiger partial charge in [0, 0.05) is 5.75 Å². The predicted octanol–water partition coefficient (Wildman–Crippen LogP) is 2.25. The monoisotopic (exact) mass is 159 g/mol. The second-order valence-electron chi connectivity index (χ2n) is 2.77. The maximum absolute atomic E-state index is 5.34. The molecular formula is C7H13NOS. The first-order chi connectivity index (χ1) is 4.64. The van der Waals surface area contributed by atoms with Gasteiger partial charge in [-0.25, -0.2) is 0 Å². The summed E-state index contributed by atoms with van der Waals surface area (Å²) in [4.78, 5) is 4.25. The van der Waals surface area contributed by atoms with Crippen molar-refractivity contribution >= 4 is 17.0 Å². The molecule has 0 saturated carbocycles. The van der Waals surface area contributed by atoms with E-state index >= 15 is 0 Å². The molecule has 1 heterocycles. The van der Waals surface area contributed by atoms with Gasteiger partial charge in [0.2, 0.25) is 5.72 Å². The highest BCUT2D eigenvalue weighted by atomic mass is 32.2. The van der Waals surface area contributed by atoms with E-state index in [1.54, 1.807) is 11.8 Å². The lowest BCUT2D eigenvalue weighted by Crippen LogP contribution is -2.35. The molecule has 10 heavy (non-hydrogen) atoms.